The summed E-state index contributed by atoms with van der Waals surface area (Å²) in [7, 11) is 2.08. The van der Waals surface area contributed by atoms with Crippen LogP contribution in [0.5, 0.6) is 0 Å². The molecule has 1 heterocycles. The summed E-state index contributed by atoms with van der Waals surface area (Å²) in [6.07, 6.45) is 8.73. The summed E-state index contributed by atoms with van der Waals surface area (Å²) >= 11 is 3.67. The van der Waals surface area contributed by atoms with Gasteiger partial charge in [-0.2, -0.15) is 5.10 Å². The quantitative estimate of drug-likeness (QED) is 0.880. The molecular weight excluding hydrogens is 302 g/mol. The van der Waals surface area contributed by atoms with Gasteiger partial charge in [-0.3, -0.25) is 4.68 Å². The van der Waals surface area contributed by atoms with Gasteiger partial charge >= 0.3 is 0 Å². The van der Waals surface area contributed by atoms with Gasteiger partial charge < -0.3 is 5.32 Å². The molecule has 1 saturated carbocycles. The Labute approximate surface area is 125 Å². The first-order valence-corrected chi connectivity index (χ1v) is 8.38. The van der Waals surface area contributed by atoms with Crippen molar-refractivity contribution in [3.8, 4) is 0 Å². The zero-order valence-corrected chi connectivity index (χ0v) is 13.9. The molecule has 1 N–H and O–H groups in total. The maximum Gasteiger partial charge on any atom is 0.0698 e. The van der Waals surface area contributed by atoms with Crippen molar-refractivity contribution in [1.29, 1.82) is 0 Å². The molecule has 1 fully saturated rings. The number of hydrogen-bond acceptors (Lipinski definition) is 2. The van der Waals surface area contributed by atoms with Crippen LogP contribution in [0.25, 0.3) is 0 Å². The summed E-state index contributed by atoms with van der Waals surface area (Å²) in [5.74, 6) is 1.65. The fraction of sp³-hybridized carbons (Fsp3) is 0.800. The van der Waals surface area contributed by atoms with E-state index in [0.29, 0.717) is 6.04 Å². The maximum atomic E-state index is 4.47. The highest BCUT2D eigenvalue weighted by molar-refractivity contribution is 9.10. The topological polar surface area (TPSA) is 29.9 Å². The van der Waals surface area contributed by atoms with Crippen LogP contribution in [0.1, 0.15) is 57.7 Å². The maximum absolute atomic E-state index is 4.47. The molecule has 2 rings (SSSR count). The molecule has 3 unspecified atom stereocenters. The Kier molecular flexibility index (Phi) is 5.46. The summed E-state index contributed by atoms with van der Waals surface area (Å²) in [4.78, 5) is 0. The second-order valence-electron chi connectivity index (χ2n) is 5.66. The van der Waals surface area contributed by atoms with Crippen LogP contribution in [0.2, 0.25) is 0 Å². The van der Waals surface area contributed by atoms with Gasteiger partial charge in [0.2, 0.25) is 0 Å². The van der Waals surface area contributed by atoms with Crippen molar-refractivity contribution in [1.82, 2.24) is 15.1 Å². The Hall–Kier alpha value is -0.350. The van der Waals surface area contributed by atoms with Crippen LogP contribution >= 0.6 is 15.9 Å². The van der Waals surface area contributed by atoms with Crippen molar-refractivity contribution in [3.63, 3.8) is 0 Å². The van der Waals surface area contributed by atoms with Gasteiger partial charge in [-0.25, -0.2) is 0 Å². The van der Waals surface area contributed by atoms with Gasteiger partial charge in [-0.05, 0) is 54.6 Å². The summed E-state index contributed by atoms with van der Waals surface area (Å²) in [5.41, 5.74) is 1.33. The van der Waals surface area contributed by atoms with Crippen LogP contribution < -0.4 is 5.32 Å². The number of halogens is 1. The second kappa shape index (κ2) is 6.89. The average molecular weight is 328 g/mol. The van der Waals surface area contributed by atoms with E-state index in [1.54, 1.807) is 0 Å². The molecule has 0 saturated heterocycles. The SMILES string of the molecule is CCC1CCCC(C(NC)c2c(Br)cnn2CC)C1. The molecule has 1 aliphatic rings. The molecule has 3 nitrogen and oxygen atoms in total. The molecule has 0 radical (unpaired) electrons. The molecule has 19 heavy (non-hydrogen) atoms. The van der Waals surface area contributed by atoms with Crippen molar-refractivity contribution in [3.05, 3.63) is 16.4 Å². The number of hydrogen-bond donors (Lipinski definition) is 1. The number of nitrogens with one attached hydrogen (secondary N) is 1. The van der Waals surface area contributed by atoms with E-state index in [1.165, 1.54) is 37.8 Å². The monoisotopic (exact) mass is 327 g/mol. The third kappa shape index (κ3) is 3.22. The van der Waals surface area contributed by atoms with Gasteiger partial charge in [-0.15, -0.1) is 0 Å². The largest absolute Gasteiger partial charge is 0.311 e. The molecule has 0 amide bonds. The fourth-order valence-electron chi connectivity index (χ4n) is 3.53. The van der Waals surface area contributed by atoms with E-state index in [9.17, 15) is 0 Å². The van der Waals surface area contributed by atoms with Crippen molar-refractivity contribution in [2.24, 2.45) is 11.8 Å². The number of aryl methyl sites for hydroxylation is 1. The lowest BCUT2D eigenvalue weighted by molar-refractivity contribution is 0.208. The van der Waals surface area contributed by atoms with Gasteiger partial charge in [0.1, 0.15) is 0 Å². The highest BCUT2D eigenvalue weighted by Gasteiger charge is 2.31. The van der Waals surface area contributed by atoms with E-state index < -0.39 is 0 Å². The molecule has 1 aromatic heterocycles. The molecule has 0 aromatic carbocycles. The lowest BCUT2D eigenvalue weighted by Crippen LogP contribution is -2.31. The molecular formula is C15H26BrN3. The van der Waals surface area contributed by atoms with Crippen LogP contribution in [0.15, 0.2) is 10.7 Å². The molecule has 1 aliphatic carbocycles. The smallest absolute Gasteiger partial charge is 0.0698 e. The summed E-state index contributed by atoms with van der Waals surface area (Å²) in [6.45, 7) is 5.42. The number of rotatable bonds is 5. The molecule has 4 heteroatoms. The Bertz CT molecular complexity index is 402. The van der Waals surface area contributed by atoms with Gasteiger partial charge in [0.05, 0.1) is 22.4 Å². The zero-order valence-electron chi connectivity index (χ0n) is 12.3. The first kappa shape index (κ1) is 15.0. The predicted octanol–water partition coefficient (Wildman–Crippen LogP) is 4.14. The normalized spacial score (nSPS) is 25.5. The molecule has 0 spiro atoms. The van der Waals surface area contributed by atoms with Gasteiger partial charge in [-0.1, -0.05) is 26.2 Å². The molecule has 3 atom stereocenters. The van der Waals surface area contributed by atoms with E-state index >= 15 is 0 Å². The number of nitrogens with zero attached hydrogens (tertiary/aromatic N) is 2. The van der Waals surface area contributed by atoms with Crippen LogP contribution in [-0.2, 0) is 6.54 Å². The minimum Gasteiger partial charge on any atom is -0.311 e. The van der Waals surface area contributed by atoms with Crippen molar-refractivity contribution in [2.75, 3.05) is 7.05 Å². The van der Waals surface area contributed by atoms with Crippen molar-refractivity contribution < 1.29 is 0 Å². The zero-order chi connectivity index (χ0) is 13.8. The first-order chi connectivity index (χ1) is 9.21. The second-order valence-corrected chi connectivity index (χ2v) is 6.52. The van der Waals surface area contributed by atoms with Crippen molar-refractivity contribution >= 4 is 15.9 Å². The van der Waals surface area contributed by atoms with Crippen molar-refractivity contribution in [2.45, 2.75) is 58.5 Å². The highest BCUT2D eigenvalue weighted by Crippen LogP contribution is 2.40. The van der Waals surface area contributed by atoms with Crippen LogP contribution in [0.3, 0.4) is 0 Å². The summed E-state index contributed by atoms with van der Waals surface area (Å²) in [5, 5.41) is 8.01. The van der Waals surface area contributed by atoms with Crippen LogP contribution in [0, 0.1) is 11.8 Å². The first-order valence-electron chi connectivity index (χ1n) is 7.59. The molecule has 1 aromatic rings. The molecule has 0 bridgehead atoms. The van der Waals surface area contributed by atoms with Crippen LogP contribution in [-0.4, -0.2) is 16.8 Å². The van der Waals surface area contributed by atoms with Gasteiger partial charge in [0.25, 0.3) is 0 Å². The lowest BCUT2D eigenvalue weighted by Gasteiger charge is -2.34. The molecule has 0 aliphatic heterocycles. The minimum atomic E-state index is 0.422. The van der Waals surface area contributed by atoms with Crippen LogP contribution in [0.4, 0.5) is 0 Å². The highest BCUT2D eigenvalue weighted by atomic mass is 79.9. The summed E-state index contributed by atoms with van der Waals surface area (Å²) < 4.78 is 3.27. The van der Waals surface area contributed by atoms with Gasteiger partial charge in [0.15, 0.2) is 0 Å². The Morgan fingerprint density at radius 2 is 2.26 bits per heavy atom. The fourth-order valence-corrected chi connectivity index (χ4v) is 4.08. The van der Waals surface area contributed by atoms with E-state index in [-0.39, 0.29) is 0 Å². The third-order valence-corrected chi connectivity index (χ3v) is 5.22. The van der Waals surface area contributed by atoms with E-state index in [0.717, 1.165) is 22.9 Å². The Balaban J connectivity index is 2.21. The van der Waals surface area contributed by atoms with Gasteiger partial charge in [0, 0.05) is 6.54 Å². The standard InChI is InChI=1S/C15H26BrN3/c1-4-11-7-6-8-12(9-11)14(17-3)15-13(16)10-18-19(15)5-2/h10-12,14,17H,4-9H2,1-3H3. The summed E-state index contributed by atoms with van der Waals surface area (Å²) in [6, 6.07) is 0.422. The van der Waals surface area contributed by atoms with E-state index in [2.05, 4.69) is 51.9 Å². The number of aromatic nitrogens is 2. The average Bonchev–Trinajstić information content (AvgIpc) is 2.82. The lowest BCUT2D eigenvalue weighted by atomic mass is 9.76. The van der Waals surface area contributed by atoms with E-state index in [1.807, 2.05) is 6.20 Å². The predicted molar refractivity (Wildman–Crippen MR) is 83.1 cm³/mol. The minimum absolute atomic E-state index is 0.422. The third-order valence-electron chi connectivity index (χ3n) is 4.61. The van der Waals surface area contributed by atoms with E-state index in [4.69, 9.17) is 0 Å². The molecule has 108 valence electrons. The Morgan fingerprint density at radius 1 is 1.47 bits per heavy atom. The Morgan fingerprint density at radius 3 is 2.89 bits per heavy atom.